The molecule has 8 rings (SSSR count). The number of imidazole rings is 2. The van der Waals surface area contributed by atoms with Crippen LogP contribution in [0.1, 0.15) is 55.9 Å². The third-order valence-electron chi connectivity index (χ3n) is 9.71. The third-order valence-corrected chi connectivity index (χ3v) is 10.2. The number of aromatic nitrogens is 4. The zero-order chi connectivity index (χ0) is 35.0. The van der Waals surface area contributed by atoms with Crippen LogP contribution in [0.2, 0.25) is 0 Å². The van der Waals surface area contributed by atoms with Gasteiger partial charge in [-0.25, -0.2) is 9.97 Å². The minimum absolute atomic E-state index is 0.692. The Morgan fingerprint density at radius 3 is 1.59 bits per heavy atom. The first-order valence-corrected chi connectivity index (χ1v) is 18.1. The van der Waals surface area contributed by atoms with Gasteiger partial charge >= 0.3 is 0 Å². The first kappa shape index (κ1) is 34.1. The van der Waals surface area contributed by atoms with Gasteiger partial charge in [0, 0.05) is 69.2 Å². The Morgan fingerprint density at radius 1 is 0.569 bits per heavy atom. The lowest BCUT2D eigenvalue weighted by molar-refractivity contribution is 0.239. The molecule has 0 spiro atoms. The maximum Gasteiger partial charge on any atom is 0.0991 e. The summed E-state index contributed by atoms with van der Waals surface area (Å²) in [5.41, 5.74) is 12.0. The maximum absolute atomic E-state index is 8.92. The highest BCUT2D eigenvalue weighted by Crippen LogP contribution is 2.24. The highest BCUT2D eigenvalue weighted by Gasteiger charge is 2.19. The minimum atomic E-state index is 0.692. The molecule has 254 valence electrons. The van der Waals surface area contributed by atoms with E-state index in [-0.39, 0.29) is 0 Å². The Bertz CT molecular complexity index is 2170. The minimum Gasteiger partial charge on any atom is -0.329 e. The second kappa shape index (κ2) is 16.1. The van der Waals surface area contributed by atoms with Crippen molar-refractivity contribution < 1.29 is 0 Å². The topological polar surface area (TPSA) is 89.7 Å². The summed E-state index contributed by atoms with van der Waals surface area (Å²) < 4.78 is 5.53. The Hall–Kier alpha value is -5.32. The number of nitriles is 2. The average molecular weight is 736 g/mol. The van der Waals surface area contributed by atoms with Gasteiger partial charge in [0.2, 0.25) is 0 Å². The van der Waals surface area contributed by atoms with E-state index in [0.717, 1.165) is 69.7 Å². The van der Waals surface area contributed by atoms with Crippen LogP contribution in [0, 0.1) is 22.7 Å². The van der Waals surface area contributed by atoms with E-state index in [0.29, 0.717) is 11.1 Å². The molecule has 2 aliphatic heterocycles. The fraction of sp³-hybridized carbons (Fsp3) is 0.238. The summed E-state index contributed by atoms with van der Waals surface area (Å²) in [7, 11) is 0. The largest absolute Gasteiger partial charge is 0.329 e. The predicted octanol–water partition coefficient (Wildman–Crippen LogP) is 7.49. The SMILES string of the molecule is N#Cc1ccc(Cn2cncc2CN2CCc3ccc(Br)cc3C2)cc1.N#Cc1ccc(Cn2cncc2CN2CCc3ccccc3C2)cc1. The Morgan fingerprint density at radius 2 is 1.06 bits per heavy atom. The molecule has 0 saturated heterocycles. The van der Waals surface area contributed by atoms with Crippen molar-refractivity contribution in [3.05, 3.63) is 176 Å². The van der Waals surface area contributed by atoms with Crippen LogP contribution in [0.3, 0.4) is 0 Å². The van der Waals surface area contributed by atoms with Crippen LogP contribution in [-0.2, 0) is 52.1 Å². The number of benzene rings is 4. The molecule has 4 heterocycles. The highest BCUT2D eigenvalue weighted by molar-refractivity contribution is 9.10. The molecule has 0 fully saturated rings. The fourth-order valence-electron chi connectivity index (χ4n) is 6.87. The van der Waals surface area contributed by atoms with Gasteiger partial charge in [-0.3, -0.25) is 9.80 Å². The van der Waals surface area contributed by atoms with Gasteiger partial charge in [-0.05, 0) is 82.6 Å². The number of nitrogens with zero attached hydrogens (tertiary/aromatic N) is 8. The van der Waals surface area contributed by atoms with Crippen LogP contribution in [0.5, 0.6) is 0 Å². The molecule has 8 nitrogen and oxygen atoms in total. The maximum atomic E-state index is 8.92. The summed E-state index contributed by atoms with van der Waals surface area (Å²) in [6, 6.07) is 35.1. The normalized spacial score (nSPS) is 14.0. The monoisotopic (exact) mass is 734 g/mol. The second-order valence-corrected chi connectivity index (χ2v) is 14.2. The van der Waals surface area contributed by atoms with Crippen molar-refractivity contribution in [2.75, 3.05) is 13.1 Å². The van der Waals surface area contributed by atoms with E-state index in [2.05, 4.69) is 99.4 Å². The Balaban J connectivity index is 0.000000159. The van der Waals surface area contributed by atoms with Gasteiger partial charge in [0.15, 0.2) is 0 Å². The highest BCUT2D eigenvalue weighted by atomic mass is 79.9. The lowest BCUT2D eigenvalue weighted by Crippen LogP contribution is -2.30. The van der Waals surface area contributed by atoms with Gasteiger partial charge in [0.05, 0.1) is 47.3 Å². The zero-order valence-electron chi connectivity index (χ0n) is 28.5. The van der Waals surface area contributed by atoms with Crippen molar-refractivity contribution >= 4 is 15.9 Å². The van der Waals surface area contributed by atoms with Crippen LogP contribution in [0.15, 0.2) is 121 Å². The molecular weight excluding hydrogens is 696 g/mol. The number of hydrogen-bond donors (Lipinski definition) is 0. The molecule has 9 heteroatoms. The van der Waals surface area contributed by atoms with Crippen LogP contribution in [0.4, 0.5) is 0 Å². The number of halogens is 1. The van der Waals surface area contributed by atoms with Crippen LogP contribution >= 0.6 is 15.9 Å². The molecule has 0 saturated carbocycles. The molecule has 0 unspecified atom stereocenters. The van der Waals surface area contributed by atoms with Crippen molar-refractivity contribution in [3.63, 3.8) is 0 Å². The molecular formula is C42H39BrN8. The third kappa shape index (κ3) is 8.71. The molecule has 0 aliphatic carbocycles. The van der Waals surface area contributed by atoms with Crippen LogP contribution < -0.4 is 0 Å². The fourth-order valence-corrected chi connectivity index (χ4v) is 7.28. The Labute approximate surface area is 308 Å². The van der Waals surface area contributed by atoms with Gasteiger partial charge in [-0.1, -0.05) is 70.5 Å². The quantitative estimate of drug-likeness (QED) is 0.161. The van der Waals surface area contributed by atoms with E-state index < -0.39 is 0 Å². The summed E-state index contributed by atoms with van der Waals surface area (Å²) in [5, 5.41) is 17.8. The molecule has 2 aromatic heterocycles. The van der Waals surface area contributed by atoms with Crippen molar-refractivity contribution in [1.82, 2.24) is 28.9 Å². The van der Waals surface area contributed by atoms with Crippen molar-refractivity contribution in [3.8, 4) is 12.1 Å². The zero-order valence-corrected chi connectivity index (χ0v) is 30.1. The Kier molecular flexibility index (Phi) is 10.8. The lowest BCUT2D eigenvalue weighted by atomic mass is 10.00. The summed E-state index contributed by atoms with van der Waals surface area (Å²) in [5.74, 6) is 0. The van der Waals surface area contributed by atoms with Crippen LogP contribution in [0.25, 0.3) is 0 Å². The number of rotatable bonds is 8. The van der Waals surface area contributed by atoms with E-state index in [4.69, 9.17) is 10.5 Å². The molecule has 0 amide bonds. The van der Waals surface area contributed by atoms with Gasteiger partial charge in [-0.15, -0.1) is 0 Å². The van der Waals surface area contributed by atoms with E-state index in [1.807, 2.05) is 73.6 Å². The smallest absolute Gasteiger partial charge is 0.0991 e. The van der Waals surface area contributed by atoms with Gasteiger partial charge in [0.1, 0.15) is 0 Å². The van der Waals surface area contributed by atoms with E-state index in [9.17, 15) is 0 Å². The van der Waals surface area contributed by atoms with E-state index in [1.54, 1.807) is 0 Å². The second-order valence-electron chi connectivity index (χ2n) is 13.2. The van der Waals surface area contributed by atoms with Crippen molar-refractivity contribution in [1.29, 1.82) is 10.5 Å². The molecule has 0 N–H and O–H groups in total. The summed E-state index contributed by atoms with van der Waals surface area (Å²) in [4.78, 5) is 13.7. The first-order chi connectivity index (χ1) is 25.0. The summed E-state index contributed by atoms with van der Waals surface area (Å²) in [6.07, 6.45) is 9.91. The molecule has 6 aromatic rings. The van der Waals surface area contributed by atoms with E-state index >= 15 is 0 Å². The van der Waals surface area contributed by atoms with Gasteiger partial charge < -0.3 is 9.13 Å². The summed E-state index contributed by atoms with van der Waals surface area (Å²) >= 11 is 3.58. The molecule has 0 bridgehead atoms. The molecule has 0 radical (unpaired) electrons. The molecule has 0 atom stereocenters. The van der Waals surface area contributed by atoms with Crippen molar-refractivity contribution in [2.24, 2.45) is 0 Å². The molecule has 4 aromatic carbocycles. The number of hydrogen-bond acceptors (Lipinski definition) is 6. The van der Waals surface area contributed by atoms with Gasteiger partial charge in [-0.2, -0.15) is 10.5 Å². The first-order valence-electron chi connectivity index (χ1n) is 17.3. The standard InChI is InChI=1S/C21H19BrN4.C21H20N4/c22-20-6-5-18-7-8-25(13-19(18)9-20)14-21-11-24-15-26(21)12-17-3-1-16(10-23)2-4-17;22-11-17-5-7-18(8-6-17)13-25-16-23-12-21(25)15-24-10-9-19-3-1-2-4-20(19)14-24/h1-6,9,11,15H,7-8,12-14H2;1-8,12,16H,9-10,13-15H2. The van der Waals surface area contributed by atoms with Crippen LogP contribution in [-0.4, -0.2) is 42.0 Å². The van der Waals surface area contributed by atoms with Gasteiger partial charge in [0.25, 0.3) is 0 Å². The molecule has 2 aliphatic rings. The average Bonchev–Trinajstić information content (AvgIpc) is 3.80. The van der Waals surface area contributed by atoms with Crippen molar-refractivity contribution in [2.45, 2.75) is 52.1 Å². The van der Waals surface area contributed by atoms with E-state index in [1.165, 1.54) is 44.8 Å². The molecule has 51 heavy (non-hydrogen) atoms. The summed E-state index contributed by atoms with van der Waals surface area (Å²) in [6.45, 7) is 7.47. The number of fused-ring (bicyclic) bond motifs is 2. The lowest BCUT2D eigenvalue weighted by Gasteiger charge is -2.29. The predicted molar refractivity (Wildman–Crippen MR) is 201 cm³/mol.